The molecule has 3 rings (SSSR count). The number of amides is 1. The topological polar surface area (TPSA) is 72.9 Å². The Morgan fingerprint density at radius 2 is 1.89 bits per heavy atom. The van der Waals surface area contributed by atoms with E-state index >= 15 is 0 Å². The first-order chi connectivity index (χ1) is 12.8. The Kier molecular flexibility index (Phi) is 5.82. The van der Waals surface area contributed by atoms with E-state index in [4.69, 9.17) is 9.47 Å². The standard InChI is InChI=1S/C20H23NO5S/c1-15-12-21(13-19(26-15)16-7-4-3-5-8-16)20(22)14-25-17-9-6-10-18(11-17)27(2,23)24/h3-11,15,19H,12-14H2,1-2H3/t15-,19+/m1/s1. The van der Waals surface area contributed by atoms with Gasteiger partial charge in [-0.3, -0.25) is 4.79 Å². The van der Waals surface area contributed by atoms with Gasteiger partial charge in [-0.25, -0.2) is 8.42 Å². The lowest BCUT2D eigenvalue weighted by Gasteiger charge is -2.37. The van der Waals surface area contributed by atoms with E-state index in [1.54, 1.807) is 17.0 Å². The molecular weight excluding hydrogens is 366 g/mol. The van der Waals surface area contributed by atoms with Gasteiger partial charge >= 0.3 is 0 Å². The minimum absolute atomic E-state index is 0.0820. The highest BCUT2D eigenvalue weighted by Crippen LogP contribution is 2.25. The summed E-state index contributed by atoms with van der Waals surface area (Å²) in [4.78, 5) is 14.5. The predicted molar refractivity (Wildman–Crippen MR) is 101 cm³/mol. The van der Waals surface area contributed by atoms with Crippen LogP contribution in [0.3, 0.4) is 0 Å². The quantitative estimate of drug-likeness (QED) is 0.785. The van der Waals surface area contributed by atoms with Gasteiger partial charge in [0.05, 0.1) is 17.5 Å². The first kappa shape index (κ1) is 19.4. The fraction of sp³-hybridized carbons (Fsp3) is 0.350. The summed E-state index contributed by atoms with van der Waals surface area (Å²) in [6.07, 6.45) is 0.879. The number of hydrogen-bond donors (Lipinski definition) is 0. The fourth-order valence-electron chi connectivity index (χ4n) is 3.04. The normalized spacial score (nSPS) is 20.3. The van der Waals surface area contributed by atoms with Crippen LogP contribution in [0, 0.1) is 0 Å². The minimum atomic E-state index is -3.32. The van der Waals surface area contributed by atoms with E-state index in [0.29, 0.717) is 18.8 Å². The molecule has 1 aliphatic rings. The second-order valence-electron chi connectivity index (χ2n) is 6.68. The molecule has 2 atom stereocenters. The molecule has 1 aliphatic heterocycles. The van der Waals surface area contributed by atoms with Gasteiger partial charge < -0.3 is 14.4 Å². The van der Waals surface area contributed by atoms with Crippen molar-refractivity contribution >= 4 is 15.7 Å². The van der Waals surface area contributed by atoms with Crippen molar-refractivity contribution in [3.63, 3.8) is 0 Å². The second-order valence-corrected chi connectivity index (χ2v) is 8.70. The van der Waals surface area contributed by atoms with E-state index in [0.717, 1.165) is 11.8 Å². The molecular formula is C20H23NO5S. The van der Waals surface area contributed by atoms with Crippen molar-refractivity contribution in [1.82, 2.24) is 4.90 Å². The number of sulfone groups is 1. The number of carbonyl (C=O) groups excluding carboxylic acids is 1. The fourth-order valence-corrected chi connectivity index (χ4v) is 3.69. The maximum Gasteiger partial charge on any atom is 0.260 e. The third-order valence-electron chi connectivity index (χ3n) is 4.38. The van der Waals surface area contributed by atoms with Gasteiger partial charge in [0, 0.05) is 12.8 Å². The van der Waals surface area contributed by atoms with Crippen LogP contribution in [0.15, 0.2) is 59.5 Å². The highest BCUT2D eigenvalue weighted by molar-refractivity contribution is 7.90. The lowest BCUT2D eigenvalue weighted by molar-refractivity contribution is -0.146. The summed E-state index contributed by atoms with van der Waals surface area (Å²) in [7, 11) is -3.32. The second kappa shape index (κ2) is 8.10. The van der Waals surface area contributed by atoms with Gasteiger partial charge in [0.15, 0.2) is 16.4 Å². The number of hydrogen-bond acceptors (Lipinski definition) is 5. The van der Waals surface area contributed by atoms with Crippen LogP contribution in [0.5, 0.6) is 5.75 Å². The molecule has 0 radical (unpaired) electrons. The van der Waals surface area contributed by atoms with Crippen molar-refractivity contribution in [2.75, 3.05) is 26.0 Å². The zero-order valence-electron chi connectivity index (χ0n) is 15.4. The van der Waals surface area contributed by atoms with E-state index in [9.17, 15) is 13.2 Å². The van der Waals surface area contributed by atoms with Crippen LogP contribution in [0.4, 0.5) is 0 Å². The maximum absolute atomic E-state index is 12.6. The number of rotatable bonds is 5. The van der Waals surface area contributed by atoms with Crippen molar-refractivity contribution in [2.45, 2.75) is 24.0 Å². The zero-order chi connectivity index (χ0) is 19.4. The van der Waals surface area contributed by atoms with Crippen molar-refractivity contribution in [1.29, 1.82) is 0 Å². The Morgan fingerprint density at radius 1 is 1.15 bits per heavy atom. The first-order valence-electron chi connectivity index (χ1n) is 8.74. The molecule has 2 aromatic rings. The van der Waals surface area contributed by atoms with E-state index in [2.05, 4.69) is 0 Å². The Morgan fingerprint density at radius 3 is 2.59 bits per heavy atom. The summed E-state index contributed by atoms with van der Waals surface area (Å²) >= 11 is 0. The molecule has 144 valence electrons. The Bertz CT molecular complexity index is 898. The lowest BCUT2D eigenvalue weighted by Crippen LogP contribution is -2.47. The van der Waals surface area contributed by atoms with Crippen molar-refractivity contribution in [3.8, 4) is 5.75 Å². The molecule has 0 spiro atoms. The maximum atomic E-state index is 12.6. The third-order valence-corrected chi connectivity index (χ3v) is 5.49. The van der Waals surface area contributed by atoms with Crippen molar-refractivity contribution in [3.05, 3.63) is 60.2 Å². The number of benzene rings is 2. The van der Waals surface area contributed by atoms with Crippen LogP contribution in [0.1, 0.15) is 18.6 Å². The molecule has 0 saturated carbocycles. The molecule has 7 heteroatoms. The van der Waals surface area contributed by atoms with Crippen molar-refractivity contribution < 1.29 is 22.7 Å². The SMILES string of the molecule is C[C@@H]1CN(C(=O)COc2cccc(S(C)(=O)=O)c2)C[C@@H](c2ccccc2)O1. The highest BCUT2D eigenvalue weighted by atomic mass is 32.2. The highest BCUT2D eigenvalue weighted by Gasteiger charge is 2.29. The number of morpholine rings is 1. The molecule has 6 nitrogen and oxygen atoms in total. The van der Waals surface area contributed by atoms with Crippen LogP contribution >= 0.6 is 0 Å². The van der Waals surface area contributed by atoms with Gasteiger partial charge in [0.1, 0.15) is 11.9 Å². The summed E-state index contributed by atoms with van der Waals surface area (Å²) in [5.74, 6) is 0.197. The largest absolute Gasteiger partial charge is 0.484 e. The molecule has 0 N–H and O–H groups in total. The van der Waals surface area contributed by atoms with Gasteiger partial charge in [0.25, 0.3) is 5.91 Å². The Balaban J connectivity index is 1.64. The molecule has 1 fully saturated rings. The van der Waals surface area contributed by atoms with Gasteiger partial charge in [-0.2, -0.15) is 0 Å². The number of ether oxygens (including phenoxy) is 2. The summed E-state index contributed by atoms with van der Waals surface area (Å²) in [5, 5.41) is 0. The van der Waals surface area contributed by atoms with Crippen LogP contribution in [-0.4, -0.2) is 51.3 Å². The van der Waals surface area contributed by atoms with Crippen LogP contribution in [-0.2, 0) is 19.4 Å². The molecule has 0 unspecified atom stereocenters. The third kappa shape index (κ3) is 5.08. The first-order valence-corrected chi connectivity index (χ1v) is 10.6. The monoisotopic (exact) mass is 389 g/mol. The smallest absolute Gasteiger partial charge is 0.260 e. The van der Waals surface area contributed by atoms with E-state index in [-0.39, 0.29) is 29.6 Å². The summed E-state index contributed by atoms with van der Waals surface area (Å²) in [5.41, 5.74) is 1.03. The molecule has 0 aliphatic carbocycles. The minimum Gasteiger partial charge on any atom is -0.484 e. The van der Waals surface area contributed by atoms with Crippen LogP contribution in [0.25, 0.3) is 0 Å². The van der Waals surface area contributed by atoms with Crippen LogP contribution in [0.2, 0.25) is 0 Å². The molecule has 0 bridgehead atoms. The number of nitrogens with zero attached hydrogens (tertiary/aromatic N) is 1. The average Bonchev–Trinajstić information content (AvgIpc) is 2.66. The van der Waals surface area contributed by atoms with Gasteiger partial charge in [-0.05, 0) is 30.7 Å². The molecule has 1 saturated heterocycles. The van der Waals surface area contributed by atoms with Gasteiger partial charge in [0.2, 0.25) is 0 Å². The van der Waals surface area contributed by atoms with E-state index in [1.807, 2.05) is 37.3 Å². The molecule has 0 aromatic heterocycles. The molecule has 27 heavy (non-hydrogen) atoms. The average molecular weight is 389 g/mol. The lowest BCUT2D eigenvalue weighted by atomic mass is 10.1. The van der Waals surface area contributed by atoms with E-state index in [1.165, 1.54) is 12.1 Å². The van der Waals surface area contributed by atoms with Gasteiger partial charge in [-0.15, -0.1) is 0 Å². The Hall–Kier alpha value is -2.38. The summed E-state index contributed by atoms with van der Waals surface area (Å²) in [6.45, 7) is 2.74. The summed E-state index contributed by atoms with van der Waals surface area (Å²) in [6, 6.07) is 16.0. The molecule has 1 amide bonds. The van der Waals surface area contributed by atoms with Gasteiger partial charge in [-0.1, -0.05) is 36.4 Å². The zero-order valence-corrected chi connectivity index (χ0v) is 16.2. The number of carbonyl (C=O) groups is 1. The van der Waals surface area contributed by atoms with Crippen LogP contribution < -0.4 is 4.74 Å². The van der Waals surface area contributed by atoms with E-state index < -0.39 is 9.84 Å². The summed E-state index contributed by atoms with van der Waals surface area (Å²) < 4.78 is 34.8. The molecule has 2 aromatic carbocycles. The Labute approximate surface area is 159 Å². The van der Waals surface area contributed by atoms with Crippen molar-refractivity contribution in [2.24, 2.45) is 0 Å². The molecule has 1 heterocycles. The predicted octanol–water partition coefficient (Wildman–Crippen LogP) is 2.46.